The van der Waals surface area contributed by atoms with Gasteiger partial charge in [0, 0.05) is 0 Å². The lowest BCUT2D eigenvalue weighted by Crippen LogP contribution is -2.22. The normalized spacial score (nSPS) is 11.1. The van der Waals surface area contributed by atoms with Crippen LogP contribution in [0.2, 0.25) is 5.02 Å². The molecule has 158 valence electrons. The molecule has 0 aliphatic rings. The van der Waals surface area contributed by atoms with E-state index in [0.29, 0.717) is 21.1 Å². The molecule has 0 fully saturated rings. The van der Waals surface area contributed by atoms with Crippen LogP contribution >= 0.6 is 34.7 Å². The zero-order valence-corrected chi connectivity index (χ0v) is 19.0. The van der Waals surface area contributed by atoms with Gasteiger partial charge in [0.2, 0.25) is 5.91 Å². The number of anilines is 1. The number of carbonyl (C=O) groups is 1. The van der Waals surface area contributed by atoms with E-state index < -0.39 is 5.82 Å². The highest BCUT2D eigenvalue weighted by atomic mass is 35.5. The van der Waals surface area contributed by atoms with Crippen molar-refractivity contribution >= 4 is 56.5 Å². The van der Waals surface area contributed by atoms with Crippen LogP contribution in [0.3, 0.4) is 0 Å². The number of aryl methyl sites for hydroxylation is 2. The van der Waals surface area contributed by atoms with Gasteiger partial charge >= 0.3 is 0 Å². The molecule has 0 saturated heterocycles. The predicted octanol–water partition coefficient (Wildman–Crippen LogP) is 5.59. The third-order valence-electron chi connectivity index (χ3n) is 4.73. The maximum atomic E-state index is 13.4. The number of hydrogen-bond donors (Lipinski definition) is 1. The lowest BCUT2D eigenvalue weighted by Gasteiger charge is -2.13. The van der Waals surface area contributed by atoms with Crippen molar-refractivity contribution < 1.29 is 9.18 Å². The molecule has 0 bridgehead atoms. The first-order valence-electron chi connectivity index (χ1n) is 9.29. The molecule has 1 N–H and O–H groups in total. The Balaban J connectivity index is 1.66. The molecule has 0 aliphatic heterocycles. The van der Waals surface area contributed by atoms with Gasteiger partial charge in [-0.05, 0) is 66.8 Å². The molecule has 2 heterocycles. The number of nitrogens with one attached hydrogen (secondary N) is 1. The largest absolute Gasteiger partial charge is 0.324 e. The molecule has 0 unspecified atom stereocenters. The van der Waals surface area contributed by atoms with E-state index in [-0.39, 0.29) is 27.9 Å². The van der Waals surface area contributed by atoms with Gasteiger partial charge < -0.3 is 5.32 Å². The van der Waals surface area contributed by atoms with Crippen molar-refractivity contribution in [2.75, 3.05) is 11.1 Å². The quantitative estimate of drug-likeness (QED) is 0.303. The summed E-state index contributed by atoms with van der Waals surface area (Å²) in [5.41, 5.74) is 3.45. The Morgan fingerprint density at radius 1 is 1.19 bits per heavy atom. The summed E-state index contributed by atoms with van der Waals surface area (Å²) >= 11 is 8.48. The van der Waals surface area contributed by atoms with Crippen LogP contribution in [0.25, 0.3) is 15.9 Å². The standard InChI is InChI=1S/C22H17ClFN3O2S2/c1-12-3-5-15(9-13(12)2)27-21(29)20-17(7-8-30-20)26-22(27)31-11-19(28)25-18-10-14(24)4-6-16(18)23/h3-10H,11H2,1-2H3,(H,25,28). The Morgan fingerprint density at radius 3 is 2.77 bits per heavy atom. The van der Waals surface area contributed by atoms with Gasteiger partial charge in [0.25, 0.3) is 5.56 Å². The highest BCUT2D eigenvalue weighted by molar-refractivity contribution is 7.99. The number of hydrogen-bond acceptors (Lipinski definition) is 5. The predicted molar refractivity (Wildman–Crippen MR) is 125 cm³/mol. The number of halogens is 2. The summed E-state index contributed by atoms with van der Waals surface area (Å²) in [7, 11) is 0. The van der Waals surface area contributed by atoms with E-state index in [1.54, 1.807) is 6.07 Å². The summed E-state index contributed by atoms with van der Waals surface area (Å²) < 4.78 is 15.5. The lowest BCUT2D eigenvalue weighted by molar-refractivity contribution is -0.113. The van der Waals surface area contributed by atoms with E-state index in [2.05, 4.69) is 10.3 Å². The van der Waals surface area contributed by atoms with Crippen molar-refractivity contribution in [3.05, 3.63) is 80.2 Å². The topological polar surface area (TPSA) is 64.0 Å². The van der Waals surface area contributed by atoms with Gasteiger partial charge in [-0.15, -0.1) is 11.3 Å². The molecular formula is C22H17ClFN3O2S2. The van der Waals surface area contributed by atoms with E-state index in [1.165, 1.54) is 28.0 Å². The van der Waals surface area contributed by atoms with E-state index >= 15 is 0 Å². The number of thioether (sulfide) groups is 1. The average Bonchev–Trinajstić information content (AvgIpc) is 3.20. The molecule has 0 aliphatic carbocycles. The fourth-order valence-corrected chi connectivity index (χ4v) is 4.73. The molecule has 31 heavy (non-hydrogen) atoms. The molecule has 5 nitrogen and oxygen atoms in total. The first-order valence-corrected chi connectivity index (χ1v) is 11.5. The van der Waals surface area contributed by atoms with Gasteiger partial charge in [0.15, 0.2) is 5.16 Å². The van der Waals surface area contributed by atoms with Crippen molar-refractivity contribution in [1.82, 2.24) is 9.55 Å². The third kappa shape index (κ3) is 4.51. The van der Waals surface area contributed by atoms with Crippen molar-refractivity contribution in [2.24, 2.45) is 0 Å². The first-order chi connectivity index (χ1) is 14.8. The Kier molecular flexibility index (Phi) is 6.13. The summed E-state index contributed by atoms with van der Waals surface area (Å²) in [6, 6.07) is 11.3. The third-order valence-corrected chi connectivity index (χ3v) is 6.89. The van der Waals surface area contributed by atoms with Gasteiger partial charge in [-0.3, -0.25) is 14.2 Å². The van der Waals surface area contributed by atoms with E-state index in [0.717, 1.165) is 29.0 Å². The minimum Gasteiger partial charge on any atom is -0.324 e. The molecule has 4 aromatic rings. The number of aromatic nitrogens is 2. The molecule has 1 amide bonds. The Hall–Kier alpha value is -2.68. The van der Waals surface area contributed by atoms with Gasteiger partial charge in [0.1, 0.15) is 10.5 Å². The molecule has 0 saturated carbocycles. The van der Waals surface area contributed by atoms with E-state index in [9.17, 15) is 14.0 Å². The van der Waals surface area contributed by atoms with Crippen LogP contribution in [0.1, 0.15) is 11.1 Å². The van der Waals surface area contributed by atoms with Crippen molar-refractivity contribution in [3.63, 3.8) is 0 Å². The zero-order valence-electron chi connectivity index (χ0n) is 16.6. The summed E-state index contributed by atoms with van der Waals surface area (Å²) in [6.07, 6.45) is 0. The highest BCUT2D eigenvalue weighted by Crippen LogP contribution is 2.26. The maximum absolute atomic E-state index is 13.4. The molecule has 4 rings (SSSR count). The zero-order chi connectivity index (χ0) is 22.1. The number of fused-ring (bicyclic) bond motifs is 1. The van der Waals surface area contributed by atoms with Gasteiger partial charge in [-0.1, -0.05) is 29.4 Å². The van der Waals surface area contributed by atoms with Crippen LogP contribution in [-0.2, 0) is 4.79 Å². The second-order valence-electron chi connectivity index (χ2n) is 6.90. The monoisotopic (exact) mass is 473 g/mol. The fraction of sp³-hybridized carbons (Fsp3) is 0.136. The average molecular weight is 474 g/mol. The minimum atomic E-state index is -0.500. The van der Waals surface area contributed by atoms with Gasteiger partial charge in [-0.25, -0.2) is 9.37 Å². The van der Waals surface area contributed by atoms with Crippen LogP contribution in [0.5, 0.6) is 0 Å². The van der Waals surface area contributed by atoms with Crippen molar-refractivity contribution in [1.29, 1.82) is 0 Å². The molecule has 2 aromatic carbocycles. The summed E-state index contributed by atoms with van der Waals surface area (Å²) in [5.74, 6) is -0.913. The molecule has 0 spiro atoms. The van der Waals surface area contributed by atoms with Crippen LogP contribution in [0.4, 0.5) is 10.1 Å². The molecular weight excluding hydrogens is 457 g/mol. The second-order valence-corrected chi connectivity index (χ2v) is 9.17. The van der Waals surface area contributed by atoms with E-state index in [4.69, 9.17) is 11.6 Å². The Morgan fingerprint density at radius 2 is 2.00 bits per heavy atom. The molecule has 0 radical (unpaired) electrons. The van der Waals surface area contributed by atoms with Crippen LogP contribution in [0.15, 0.2) is 57.8 Å². The number of thiophene rings is 1. The number of benzene rings is 2. The van der Waals surface area contributed by atoms with Crippen LogP contribution in [0, 0.1) is 19.7 Å². The Bertz CT molecular complexity index is 1370. The maximum Gasteiger partial charge on any atom is 0.276 e. The molecule has 0 atom stereocenters. The lowest BCUT2D eigenvalue weighted by atomic mass is 10.1. The van der Waals surface area contributed by atoms with Gasteiger partial charge in [0.05, 0.1) is 27.7 Å². The van der Waals surface area contributed by atoms with Crippen LogP contribution < -0.4 is 10.9 Å². The number of carbonyl (C=O) groups excluding carboxylic acids is 1. The molecule has 2 aromatic heterocycles. The minimum absolute atomic E-state index is 0.0280. The number of nitrogens with zero attached hydrogens (tertiary/aromatic N) is 2. The number of amides is 1. The summed E-state index contributed by atoms with van der Waals surface area (Å²) in [6.45, 7) is 3.98. The van der Waals surface area contributed by atoms with Crippen molar-refractivity contribution in [3.8, 4) is 5.69 Å². The SMILES string of the molecule is Cc1ccc(-n2c(SCC(=O)Nc3cc(F)ccc3Cl)nc3ccsc3c2=O)cc1C. The first kappa shape index (κ1) is 21.5. The smallest absolute Gasteiger partial charge is 0.276 e. The second kappa shape index (κ2) is 8.82. The van der Waals surface area contributed by atoms with E-state index in [1.807, 2.05) is 37.4 Å². The highest BCUT2D eigenvalue weighted by Gasteiger charge is 2.16. The summed E-state index contributed by atoms with van der Waals surface area (Å²) in [4.78, 5) is 30.3. The Labute approximate surface area is 190 Å². The van der Waals surface area contributed by atoms with Crippen LogP contribution in [-0.4, -0.2) is 21.2 Å². The van der Waals surface area contributed by atoms with Gasteiger partial charge in [-0.2, -0.15) is 0 Å². The summed E-state index contributed by atoms with van der Waals surface area (Å²) in [5, 5.41) is 5.06. The fourth-order valence-electron chi connectivity index (χ4n) is 2.99. The molecule has 9 heteroatoms. The number of rotatable bonds is 5. The van der Waals surface area contributed by atoms with Crippen molar-refractivity contribution in [2.45, 2.75) is 19.0 Å².